The van der Waals surface area contributed by atoms with E-state index in [2.05, 4.69) is 82.2 Å². The monoisotopic (exact) mass is 1080 g/mol. The lowest BCUT2D eigenvalue weighted by Crippen LogP contribution is -2.08. The number of aromatic nitrogens is 5. The Morgan fingerprint density at radius 1 is 0.357 bits per heavy atom. The van der Waals surface area contributed by atoms with Crippen LogP contribution in [-0.4, -0.2) is 24.1 Å². The van der Waals surface area contributed by atoms with Crippen LogP contribution in [0.4, 0.5) is 5.69 Å². The molecule has 5 heterocycles. The first-order valence-electron chi connectivity index (χ1n) is 30.1. The van der Waals surface area contributed by atoms with Crippen LogP contribution < -0.4 is 0 Å². The van der Waals surface area contributed by atoms with Crippen molar-refractivity contribution in [3.63, 3.8) is 0 Å². The molecule has 0 unspecified atom stereocenters. The molecule has 0 fully saturated rings. The summed E-state index contributed by atoms with van der Waals surface area (Å²) >= 11 is 0. The molecule has 390 valence electrons. The van der Waals surface area contributed by atoms with Gasteiger partial charge in [0.15, 0.2) is 17.5 Å². The van der Waals surface area contributed by atoms with Crippen LogP contribution in [0, 0.1) is 6.57 Å². The van der Waals surface area contributed by atoms with Gasteiger partial charge in [-0.2, -0.15) is 0 Å². The van der Waals surface area contributed by atoms with E-state index in [-0.39, 0.29) is 28.3 Å². The second-order valence-corrected chi connectivity index (χ2v) is 20.9. The first-order valence-corrected chi connectivity index (χ1v) is 27.6. The molecule has 0 saturated heterocycles. The van der Waals surface area contributed by atoms with E-state index < -0.39 is 30.2 Å². The summed E-state index contributed by atoms with van der Waals surface area (Å²) in [6.07, 6.45) is 0. The SMILES string of the molecule is [2H]c1c([2H])c([2H])c(-c2c(-n3c4ccc(-c5ccccc5)cc4c4c5oc6ccccc6c5ccc43)c([N+]#[C-])cc(-c3nc(-c4ccccc4)nc(-c4ccccc4)n3)c2-n2c3ccc(-c4ccccc4)cc3c3c4oc5ccccc5c4ccc32)c([2H])c1[2H]. The quantitative estimate of drug-likeness (QED) is 0.142. The molecule has 12 aromatic carbocycles. The van der Waals surface area contributed by atoms with E-state index in [1.165, 1.54) is 0 Å². The number of fused-ring (bicyclic) bond motifs is 14. The fourth-order valence-electron chi connectivity index (χ4n) is 12.6. The highest BCUT2D eigenvalue weighted by Crippen LogP contribution is 2.52. The van der Waals surface area contributed by atoms with Gasteiger partial charge in [-0.05, 0) is 94.5 Å². The molecule has 0 saturated carbocycles. The Kier molecular flexibility index (Phi) is 9.41. The fraction of sp³-hybridized carbons (Fsp3) is 0. The molecule has 0 bridgehead atoms. The smallest absolute Gasteiger partial charge is 0.212 e. The zero-order valence-corrected chi connectivity index (χ0v) is 44.5. The van der Waals surface area contributed by atoms with Gasteiger partial charge >= 0.3 is 0 Å². The molecule has 5 aromatic heterocycles. The van der Waals surface area contributed by atoms with Gasteiger partial charge < -0.3 is 18.0 Å². The highest BCUT2D eigenvalue weighted by molar-refractivity contribution is 6.27. The summed E-state index contributed by atoms with van der Waals surface area (Å²) in [6, 6.07) is 75.3. The minimum absolute atomic E-state index is 0.0796. The van der Waals surface area contributed by atoms with Gasteiger partial charge in [0.1, 0.15) is 22.3 Å². The molecule has 0 radical (unpaired) electrons. The predicted molar refractivity (Wildman–Crippen MR) is 342 cm³/mol. The lowest BCUT2D eigenvalue weighted by molar-refractivity contribution is 0.672. The molecule has 8 nitrogen and oxygen atoms in total. The third-order valence-electron chi connectivity index (χ3n) is 16.3. The molecule has 8 heteroatoms. The fourth-order valence-corrected chi connectivity index (χ4v) is 12.6. The van der Waals surface area contributed by atoms with Crippen LogP contribution in [0.2, 0.25) is 0 Å². The maximum Gasteiger partial charge on any atom is 0.212 e. The van der Waals surface area contributed by atoms with Gasteiger partial charge in [0.05, 0.1) is 57.6 Å². The number of rotatable bonds is 8. The third kappa shape index (κ3) is 7.23. The van der Waals surface area contributed by atoms with E-state index in [1.807, 2.05) is 162 Å². The Balaban J connectivity index is 1.13. The van der Waals surface area contributed by atoms with Crippen LogP contribution in [0.5, 0.6) is 0 Å². The number of para-hydroxylation sites is 2. The minimum atomic E-state index is -0.568. The zero-order chi connectivity index (χ0) is 59.8. The van der Waals surface area contributed by atoms with Gasteiger partial charge in [-0.3, -0.25) is 0 Å². The lowest BCUT2D eigenvalue weighted by Gasteiger charge is -2.24. The standard InChI is InChI=1S/C76H44N6O2/c1-77-60-45-59(76-79-74(49-27-13-5-14-28-49)78-75(80-76)50-29-15-6-16-30-50)70(81-61-39-35-51(46-21-7-2-8-22-46)43-57(61)68-63(81)41-37-55-53-31-17-19-33-65(53)83-72(55)68)67(48-25-11-4-12-26-48)71(60)82-62-40-36-52(47-23-9-3-10-24-47)44-58(62)69-64(82)42-38-56-54-32-18-20-34-66(54)84-73(56)69/h2-45H/i4D,11D,12D,25D,26D. The van der Waals surface area contributed by atoms with Crippen LogP contribution in [0.3, 0.4) is 0 Å². The topological polar surface area (TPSA) is 79.2 Å². The largest absolute Gasteiger partial charge is 0.455 e. The van der Waals surface area contributed by atoms with E-state index in [9.17, 15) is 12.1 Å². The summed E-state index contributed by atoms with van der Waals surface area (Å²) in [4.78, 5) is 20.3. The number of hydrogen-bond donors (Lipinski definition) is 0. The van der Waals surface area contributed by atoms with Crippen LogP contribution in [0.15, 0.2) is 276 Å². The highest BCUT2D eigenvalue weighted by Gasteiger charge is 2.31. The van der Waals surface area contributed by atoms with Gasteiger partial charge in [0, 0.05) is 54.6 Å². The van der Waals surface area contributed by atoms with Crippen LogP contribution in [0.25, 0.3) is 171 Å². The minimum Gasteiger partial charge on any atom is -0.455 e. The Bertz CT molecular complexity index is 5790. The predicted octanol–water partition coefficient (Wildman–Crippen LogP) is 20.4. The Hall–Kier alpha value is -11.7. The maximum absolute atomic E-state index is 10.2. The van der Waals surface area contributed by atoms with E-state index in [1.54, 1.807) is 6.07 Å². The molecule has 0 aliphatic heterocycles. The Morgan fingerprint density at radius 3 is 1.27 bits per heavy atom. The molecule has 0 spiro atoms. The van der Waals surface area contributed by atoms with E-state index >= 15 is 0 Å². The van der Waals surface area contributed by atoms with Gasteiger partial charge in [0.2, 0.25) is 5.69 Å². The average Bonchev–Trinajstić information content (AvgIpc) is 1.61. The zero-order valence-electron chi connectivity index (χ0n) is 49.5. The molecular weight excluding hydrogens is 1030 g/mol. The molecule has 17 aromatic rings. The summed E-state index contributed by atoms with van der Waals surface area (Å²) in [5.41, 5.74) is 11.6. The highest BCUT2D eigenvalue weighted by atomic mass is 16.3. The van der Waals surface area contributed by atoms with Gasteiger partial charge in [-0.25, -0.2) is 19.8 Å². The molecule has 0 atom stereocenters. The van der Waals surface area contributed by atoms with Crippen LogP contribution >= 0.6 is 0 Å². The molecule has 17 rings (SSSR count). The molecule has 0 aliphatic rings. The van der Waals surface area contributed by atoms with Crippen molar-refractivity contribution >= 4 is 93.2 Å². The van der Waals surface area contributed by atoms with Crippen molar-refractivity contribution in [3.05, 3.63) is 278 Å². The molecular formula is C76H44N6O2. The van der Waals surface area contributed by atoms with Crippen molar-refractivity contribution in [1.82, 2.24) is 24.1 Å². The summed E-state index contributed by atoms with van der Waals surface area (Å²) in [5, 5.41) is 6.78. The molecule has 0 amide bonds. The summed E-state index contributed by atoms with van der Waals surface area (Å²) < 4.78 is 66.6. The van der Waals surface area contributed by atoms with E-state index in [0.717, 1.165) is 65.3 Å². The summed E-state index contributed by atoms with van der Waals surface area (Å²) in [5.74, 6) is 0.865. The maximum atomic E-state index is 10.2. The normalized spacial score (nSPS) is 12.6. The van der Waals surface area contributed by atoms with Crippen molar-refractivity contribution in [3.8, 4) is 78.9 Å². The molecule has 0 N–H and O–H groups in total. The summed E-state index contributed by atoms with van der Waals surface area (Å²) in [7, 11) is 0. The third-order valence-corrected chi connectivity index (χ3v) is 16.3. The molecule has 84 heavy (non-hydrogen) atoms. The van der Waals surface area contributed by atoms with Crippen molar-refractivity contribution in [2.45, 2.75) is 0 Å². The van der Waals surface area contributed by atoms with Crippen molar-refractivity contribution in [1.29, 1.82) is 0 Å². The van der Waals surface area contributed by atoms with Crippen molar-refractivity contribution < 1.29 is 15.7 Å². The first-order chi connectivity index (χ1) is 43.7. The lowest BCUT2D eigenvalue weighted by atomic mass is 9.94. The number of furan rings is 2. The van der Waals surface area contributed by atoms with Crippen LogP contribution in [0.1, 0.15) is 6.85 Å². The average molecular weight is 1080 g/mol. The number of benzene rings is 12. The second-order valence-electron chi connectivity index (χ2n) is 20.9. The number of nitrogens with zero attached hydrogens (tertiary/aromatic N) is 6. The van der Waals surface area contributed by atoms with Gasteiger partial charge in [-0.1, -0.05) is 200 Å². The van der Waals surface area contributed by atoms with Crippen molar-refractivity contribution in [2.24, 2.45) is 0 Å². The number of hydrogen-bond acceptors (Lipinski definition) is 5. The second kappa shape index (κ2) is 18.7. The van der Waals surface area contributed by atoms with Crippen molar-refractivity contribution in [2.75, 3.05) is 0 Å². The Morgan fingerprint density at radius 2 is 0.786 bits per heavy atom. The van der Waals surface area contributed by atoms with E-state index in [4.69, 9.17) is 25.2 Å². The van der Waals surface area contributed by atoms with E-state index in [0.29, 0.717) is 78.4 Å². The van der Waals surface area contributed by atoms with Crippen LogP contribution in [-0.2, 0) is 0 Å². The van der Waals surface area contributed by atoms with Gasteiger partial charge in [0.25, 0.3) is 0 Å². The molecule has 0 aliphatic carbocycles. The summed E-state index contributed by atoms with van der Waals surface area (Å²) in [6.45, 7) is 9.53. The van der Waals surface area contributed by atoms with Gasteiger partial charge in [-0.15, -0.1) is 0 Å². The first kappa shape index (κ1) is 42.3. The Labute approximate surface area is 487 Å².